The molecule has 9 heteroatoms. The van der Waals surface area contributed by atoms with Crippen LogP contribution in [-0.2, 0) is 14.3 Å². The highest BCUT2D eigenvalue weighted by Crippen LogP contribution is 2.23. The fraction of sp³-hybridized carbons (Fsp3) is 0.158. The maximum absolute atomic E-state index is 12.3. The summed E-state index contributed by atoms with van der Waals surface area (Å²) in [5.41, 5.74) is 1.85. The number of hydrogen-bond acceptors (Lipinski definition) is 8. The van der Waals surface area contributed by atoms with E-state index in [9.17, 15) is 14.4 Å². The maximum atomic E-state index is 12.3. The highest BCUT2D eigenvalue weighted by atomic mass is 32.2. The van der Waals surface area contributed by atoms with Crippen LogP contribution in [0.1, 0.15) is 20.7 Å². The zero-order valence-electron chi connectivity index (χ0n) is 15.1. The van der Waals surface area contributed by atoms with E-state index < -0.39 is 11.9 Å². The Morgan fingerprint density at radius 1 is 1.04 bits per heavy atom. The van der Waals surface area contributed by atoms with E-state index in [0.29, 0.717) is 16.3 Å². The van der Waals surface area contributed by atoms with E-state index in [2.05, 4.69) is 19.8 Å². The molecule has 3 aromatic rings. The minimum atomic E-state index is -0.637. The monoisotopic (exact) mass is 400 g/mol. The molecule has 0 aliphatic heterocycles. The van der Waals surface area contributed by atoms with Gasteiger partial charge in [0.25, 0.3) is 5.22 Å². The van der Waals surface area contributed by atoms with Gasteiger partial charge in [-0.1, -0.05) is 23.9 Å². The number of carbonyl (C=O) groups is 3. The molecular formula is C19H16N2O6S. The highest BCUT2D eigenvalue weighted by molar-refractivity contribution is 7.99. The fourth-order valence-electron chi connectivity index (χ4n) is 2.41. The second-order valence-electron chi connectivity index (χ2n) is 5.57. The molecule has 0 spiro atoms. The fourth-order valence-corrected chi connectivity index (χ4v) is 3.05. The molecule has 0 atom stereocenters. The van der Waals surface area contributed by atoms with Gasteiger partial charge < -0.3 is 19.2 Å². The third-order valence-electron chi connectivity index (χ3n) is 3.66. The lowest BCUT2D eigenvalue weighted by molar-refractivity contribution is -0.113. The number of ether oxygens (including phenoxy) is 2. The Morgan fingerprint density at radius 2 is 1.68 bits per heavy atom. The number of fused-ring (bicyclic) bond motifs is 1. The van der Waals surface area contributed by atoms with Gasteiger partial charge in [0.15, 0.2) is 5.58 Å². The summed E-state index contributed by atoms with van der Waals surface area (Å²) in [6.45, 7) is 0. The van der Waals surface area contributed by atoms with Crippen molar-refractivity contribution in [1.82, 2.24) is 4.98 Å². The largest absolute Gasteiger partial charge is 0.465 e. The lowest BCUT2D eigenvalue weighted by Gasteiger charge is -2.09. The van der Waals surface area contributed by atoms with Crippen molar-refractivity contribution >= 4 is 46.4 Å². The van der Waals surface area contributed by atoms with Crippen molar-refractivity contribution in [3.8, 4) is 0 Å². The number of nitrogens with one attached hydrogen (secondary N) is 1. The SMILES string of the molecule is COC(=O)c1cc(NC(=O)CSc2nc3ccccc3o2)cc(C(=O)OC)c1. The first-order valence-electron chi connectivity index (χ1n) is 8.10. The van der Waals surface area contributed by atoms with Gasteiger partial charge in [0.05, 0.1) is 31.1 Å². The van der Waals surface area contributed by atoms with Gasteiger partial charge in [0, 0.05) is 5.69 Å². The Bertz CT molecular complexity index is 979. The number of benzene rings is 2. The molecule has 0 aliphatic carbocycles. The number of rotatable bonds is 6. The molecule has 0 unspecified atom stereocenters. The number of nitrogens with zero attached hydrogens (tertiary/aromatic N) is 1. The Labute approximate surface area is 164 Å². The van der Waals surface area contributed by atoms with E-state index in [1.807, 2.05) is 18.2 Å². The molecule has 1 heterocycles. The van der Waals surface area contributed by atoms with E-state index in [1.54, 1.807) is 6.07 Å². The average Bonchev–Trinajstić information content (AvgIpc) is 3.13. The van der Waals surface area contributed by atoms with Crippen molar-refractivity contribution in [2.75, 3.05) is 25.3 Å². The van der Waals surface area contributed by atoms with E-state index in [0.717, 1.165) is 11.8 Å². The summed E-state index contributed by atoms with van der Waals surface area (Å²) in [6, 6.07) is 11.5. The third-order valence-corrected chi connectivity index (χ3v) is 4.49. The molecule has 0 saturated heterocycles. The number of aromatic nitrogens is 1. The van der Waals surface area contributed by atoms with Crippen LogP contribution in [0.5, 0.6) is 0 Å². The molecule has 3 rings (SSSR count). The standard InChI is InChI=1S/C19H16N2O6S/c1-25-17(23)11-7-12(18(24)26-2)9-13(8-11)20-16(22)10-28-19-21-14-5-3-4-6-15(14)27-19/h3-9H,10H2,1-2H3,(H,20,22). The number of esters is 2. The molecule has 0 aliphatic rings. The zero-order valence-corrected chi connectivity index (χ0v) is 15.9. The lowest BCUT2D eigenvalue weighted by Crippen LogP contribution is -2.16. The number of hydrogen-bond donors (Lipinski definition) is 1. The van der Waals surface area contributed by atoms with Crippen molar-refractivity contribution < 1.29 is 28.3 Å². The summed E-state index contributed by atoms with van der Waals surface area (Å²) in [5, 5.41) is 3.01. The predicted molar refractivity (Wildman–Crippen MR) is 102 cm³/mol. The second-order valence-corrected chi connectivity index (χ2v) is 6.49. The normalized spacial score (nSPS) is 10.5. The highest BCUT2D eigenvalue weighted by Gasteiger charge is 2.15. The zero-order chi connectivity index (χ0) is 20.1. The lowest BCUT2D eigenvalue weighted by atomic mass is 10.1. The molecule has 2 aromatic carbocycles. The molecule has 28 heavy (non-hydrogen) atoms. The van der Waals surface area contributed by atoms with Crippen molar-refractivity contribution in [1.29, 1.82) is 0 Å². The van der Waals surface area contributed by atoms with Crippen LogP contribution in [0, 0.1) is 0 Å². The van der Waals surface area contributed by atoms with Crippen molar-refractivity contribution in [2.45, 2.75) is 5.22 Å². The van der Waals surface area contributed by atoms with Crippen LogP contribution in [0.4, 0.5) is 5.69 Å². The molecule has 0 radical (unpaired) electrons. The van der Waals surface area contributed by atoms with Gasteiger partial charge in [-0.2, -0.15) is 0 Å². The molecule has 144 valence electrons. The first-order valence-corrected chi connectivity index (χ1v) is 9.08. The van der Waals surface area contributed by atoms with E-state index in [-0.39, 0.29) is 28.5 Å². The van der Waals surface area contributed by atoms with Gasteiger partial charge in [-0.25, -0.2) is 14.6 Å². The van der Waals surface area contributed by atoms with Gasteiger partial charge in [0.1, 0.15) is 5.52 Å². The minimum absolute atomic E-state index is 0.0306. The van der Waals surface area contributed by atoms with Gasteiger partial charge in [-0.05, 0) is 30.3 Å². The van der Waals surface area contributed by atoms with E-state index in [1.165, 1.54) is 32.4 Å². The second kappa shape index (κ2) is 8.57. The Balaban J connectivity index is 1.71. The third kappa shape index (κ3) is 4.49. The van der Waals surface area contributed by atoms with Gasteiger partial charge in [-0.3, -0.25) is 4.79 Å². The number of thioether (sulfide) groups is 1. The van der Waals surface area contributed by atoms with Crippen LogP contribution >= 0.6 is 11.8 Å². The van der Waals surface area contributed by atoms with Crippen LogP contribution in [-0.4, -0.2) is 42.8 Å². The average molecular weight is 400 g/mol. The number of amides is 1. The quantitative estimate of drug-likeness (QED) is 0.497. The number of carbonyl (C=O) groups excluding carboxylic acids is 3. The summed E-state index contributed by atoms with van der Waals surface area (Å²) >= 11 is 1.13. The topological polar surface area (TPSA) is 108 Å². The summed E-state index contributed by atoms with van der Waals surface area (Å²) in [7, 11) is 2.45. The van der Waals surface area contributed by atoms with Crippen molar-refractivity contribution in [3.05, 3.63) is 53.6 Å². The van der Waals surface area contributed by atoms with E-state index in [4.69, 9.17) is 4.42 Å². The van der Waals surface area contributed by atoms with E-state index >= 15 is 0 Å². The van der Waals surface area contributed by atoms with Crippen LogP contribution < -0.4 is 5.32 Å². The number of oxazole rings is 1. The summed E-state index contributed by atoms with van der Waals surface area (Å²) in [5.74, 6) is -1.60. The molecule has 8 nitrogen and oxygen atoms in total. The first-order chi connectivity index (χ1) is 13.5. The van der Waals surface area contributed by atoms with Crippen LogP contribution in [0.2, 0.25) is 0 Å². The van der Waals surface area contributed by atoms with Crippen LogP contribution in [0.3, 0.4) is 0 Å². The number of methoxy groups -OCH3 is 2. The van der Waals surface area contributed by atoms with Crippen molar-refractivity contribution in [3.63, 3.8) is 0 Å². The van der Waals surface area contributed by atoms with Gasteiger partial charge >= 0.3 is 11.9 Å². The van der Waals surface area contributed by atoms with Gasteiger partial charge in [-0.15, -0.1) is 0 Å². The molecule has 1 amide bonds. The van der Waals surface area contributed by atoms with Gasteiger partial charge in [0.2, 0.25) is 5.91 Å². The molecular weight excluding hydrogens is 384 g/mol. The van der Waals surface area contributed by atoms with Crippen molar-refractivity contribution in [2.24, 2.45) is 0 Å². The number of anilines is 1. The van der Waals surface area contributed by atoms with Crippen LogP contribution in [0.15, 0.2) is 52.1 Å². The summed E-state index contributed by atoms with van der Waals surface area (Å²) < 4.78 is 14.9. The summed E-state index contributed by atoms with van der Waals surface area (Å²) in [4.78, 5) is 40.1. The Morgan fingerprint density at radius 3 is 2.29 bits per heavy atom. The molecule has 0 saturated carbocycles. The first kappa shape index (κ1) is 19.4. The molecule has 0 bridgehead atoms. The maximum Gasteiger partial charge on any atom is 0.337 e. The predicted octanol–water partition coefficient (Wildman–Crippen LogP) is 3.13. The Hall–Kier alpha value is -3.33. The van der Waals surface area contributed by atoms with Crippen LogP contribution in [0.25, 0.3) is 11.1 Å². The molecule has 0 fully saturated rings. The summed E-state index contributed by atoms with van der Waals surface area (Å²) in [6.07, 6.45) is 0. The Kier molecular flexibility index (Phi) is 5.95. The smallest absolute Gasteiger partial charge is 0.337 e. The number of para-hydroxylation sites is 2. The molecule has 1 N–H and O–H groups in total. The minimum Gasteiger partial charge on any atom is -0.465 e. The molecule has 1 aromatic heterocycles.